The molecule has 6 nitrogen and oxygen atoms in total. The Labute approximate surface area is 227 Å². The minimum absolute atomic E-state index is 0.0582. The van der Waals surface area contributed by atoms with Crippen molar-refractivity contribution in [3.05, 3.63) is 65.7 Å². The Hall–Kier alpha value is -2.86. The molecule has 4 atom stereocenters. The highest BCUT2D eigenvalue weighted by atomic mass is 16.6. The molecule has 1 heterocycles. The SMILES string of the molecule is CC(C)(C)OC(=O)N[C@@H](CC1CCCCC1)C1CC(Cc2ccc(OCc3ccccc3)cc2)C(C=O)O1. The lowest BCUT2D eigenvalue weighted by Gasteiger charge is -2.31. The first-order chi connectivity index (χ1) is 18.3. The monoisotopic (exact) mass is 521 g/mol. The molecule has 2 aliphatic rings. The van der Waals surface area contributed by atoms with E-state index in [9.17, 15) is 9.59 Å². The summed E-state index contributed by atoms with van der Waals surface area (Å²) in [6, 6.07) is 18.0. The van der Waals surface area contributed by atoms with Crippen molar-refractivity contribution in [1.82, 2.24) is 5.32 Å². The summed E-state index contributed by atoms with van der Waals surface area (Å²) >= 11 is 0. The molecule has 6 heteroatoms. The first-order valence-electron chi connectivity index (χ1n) is 14.1. The zero-order valence-electron chi connectivity index (χ0n) is 23.1. The largest absolute Gasteiger partial charge is 0.489 e. The maximum absolute atomic E-state index is 12.7. The maximum atomic E-state index is 12.7. The molecule has 2 aromatic rings. The van der Waals surface area contributed by atoms with Gasteiger partial charge in [0.2, 0.25) is 0 Å². The van der Waals surface area contributed by atoms with Crippen molar-refractivity contribution in [3.8, 4) is 5.75 Å². The highest BCUT2D eigenvalue weighted by molar-refractivity contribution is 5.68. The molecule has 1 aliphatic heterocycles. The third-order valence-electron chi connectivity index (χ3n) is 7.60. The Morgan fingerprint density at radius 1 is 1.03 bits per heavy atom. The molecule has 0 spiro atoms. The molecule has 2 aromatic carbocycles. The molecular formula is C32H43NO5. The Morgan fingerprint density at radius 3 is 2.39 bits per heavy atom. The van der Waals surface area contributed by atoms with Crippen LogP contribution in [-0.4, -0.2) is 36.2 Å². The van der Waals surface area contributed by atoms with Gasteiger partial charge in [-0.25, -0.2) is 4.79 Å². The summed E-state index contributed by atoms with van der Waals surface area (Å²) in [6.07, 6.45) is 8.25. The Kier molecular flexibility index (Phi) is 9.84. The smallest absolute Gasteiger partial charge is 0.407 e. The number of rotatable bonds is 10. The van der Waals surface area contributed by atoms with Crippen LogP contribution in [0.15, 0.2) is 54.6 Å². The van der Waals surface area contributed by atoms with Crippen LogP contribution in [0.5, 0.6) is 5.75 Å². The van der Waals surface area contributed by atoms with Gasteiger partial charge in [0.25, 0.3) is 0 Å². The highest BCUT2D eigenvalue weighted by Crippen LogP contribution is 2.35. The predicted octanol–water partition coefficient (Wildman–Crippen LogP) is 6.64. The van der Waals surface area contributed by atoms with Gasteiger partial charge >= 0.3 is 6.09 Å². The van der Waals surface area contributed by atoms with Gasteiger partial charge in [0, 0.05) is 0 Å². The van der Waals surface area contributed by atoms with Crippen LogP contribution in [0.3, 0.4) is 0 Å². The van der Waals surface area contributed by atoms with Gasteiger partial charge in [-0.15, -0.1) is 0 Å². The van der Waals surface area contributed by atoms with Gasteiger partial charge in [-0.1, -0.05) is 74.6 Å². The number of amides is 1. The van der Waals surface area contributed by atoms with Crippen LogP contribution in [0.25, 0.3) is 0 Å². The lowest BCUT2D eigenvalue weighted by molar-refractivity contribution is -0.119. The zero-order valence-corrected chi connectivity index (χ0v) is 23.1. The van der Waals surface area contributed by atoms with E-state index in [-0.39, 0.29) is 18.1 Å². The summed E-state index contributed by atoms with van der Waals surface area (Å²) in [6.45, 7) is 6.13. The van der Waals surface area contributed by atoms with Gasteiger partial charge in [0.1, 0.15) is 30.3 Å². The van der Waals surface area contributed by atoms with E-state index in [0.29, 0.717) is 12.5 Å². The molecular weight excluding hydrogens is 478 g/mol. The molecule has 1 saturated carbocycles. The van der Waals surface area contributed by atoms with Crippen LogP contribution in [0, 0.1) is 11.8 Å². The number of carbonyl (C=O) groups excluding carboxylic acids is 2. The standard InChI is InChI=1S/C32H43NO5/c1-32(2,3)38-31(35)33-28(19-23-10-6-4-7-11-23)29-20-26(30(21-34)37-29)18-24-14-16-27(17-15-24)36-22-25-12-8-5-9-13-25/h5,8-9,12-17,21,23,26,28-30H,4,6-7,10-11,18-20,22H2,1-3H3,(H,33,35)/t26?,28-,29?,30?/m0/s1. The molecule has 1 amide bonds. The molecule has 0 aromatic heterocycles. The minimum atomic E-state index is -0.569. The molecule has 3 unspecified atom stereocenters. The maximum Gasteiger partial charge on any atom is 0.407 e. The van der Waals surface area contributed by atoms with Crippen molar-refractivity contribution in [2.24, 2.45) is 11.8 Å². The average Bonchev–Trinajstić information content (AvgIpc) is 3.31. The number of ether oxygens (including phenoxy) is 3. The van der Waals surface area contributed by atoms with E-state index in [4.69, 9.17) is 14.2 Å². The summed E-state index contributed by atoms with van der Waals surface area (Å²) in [5.74, 6) is 1.44. The Morgan fingerprint density at radius 2 is 1.74 bits per heavy atom. The van der Waals surface area contributed by atoms with E-state index in [1.54, 1.807) is 0 Å². The average molecular weight is 522 g/mol. The number of aldehydes is 1. The van der Waals surface area contributed by atoms with Crippen molar-refractivity contribution in [3.63, 3.8) is 0 Å². The normalized spacial score (nSPS) is 23.0. The topological polar surface area (TPSA) is 73.9 Å². The second-order valence-corrected chi connectivity index (χ2v) is 11.9. The van der Waals surface area contributed by atoms with Crippen molar-refractivity contribution in [2.45, 2.75) is 103 Å². The summed E-state index contributed by atoms with van der Waals surface area (Å²) in [4.78, 5) is 24.7. The molecule has 206 valence electrons. The van der Waals surface area contributed by atoms with Crippen LogP contribution in [0.2, 0.25) is 0 Å². The van der Waals surface area contributed by atoms with Gasteiger partial charge in [0.05, 0.1) is 12.1 Å². The van der Waals surface area contributed by atoms with E-state index in [2.05, 4.69) is 17.4 Å². The van der Waals surface area contributed by atoms with Crippen molar-refractivity contribution < 1.29 is 23.8 Å². The quantitative estimate of drug-likeness (QED) is 0.355. The number of hydrogen-bond donors (Lipinski definition) is 1. The molecule has 1 saturated heterocycles. The summed E-state index contributed by atoms with van der Waals surface area (Å²) in [5, 5.41) is 3.11. The fraction of sp³-hybridized carbons (Fsp3) is 0.562. The van der Waals surface area contributed by atoms with Crippen molar-refractivity contribution in [1.29, 1.82) is 0 Å². The van der Waals surface area contributed by atoms with E-state index in [1.807, 2.05) is 63.2 Å². The van der Waals surface area contributed by atoms with Gasteiger partial charge < -0.3 is 24.3 Å². The van der Waals surface area contributed by atoms with E-state index >= 15 is 0 Å². The molecule has 2 fully saturated rings. The van der Waals surface area contributed by atoms with Crippen molar-refractivity contribution in [2.75, 3.05) is 0 Å². The summed E-state index contributed by atoms with van der Waals surface area (Å²) in [5.41, 5.74) is 1.70. The van der Waals surface area contributed by atoms with Gasteiger partial charge in [0.15, 0.2) is 0 Å². The van der Waals surface area contributed by atoms with Gasteiger partial charge in [-0.3, -0.25) is 0 Å². The molecule has 1 aliphatic carbocycles. The van der Waals surface area contributed by atoms with Crippen LogP contribution >= 0.6 is 0 Å². The van der Waals surface area contributed by atoms with Gasteiger partial charge in [-0.2, -0.15) is 0 Å². The van der Waals surface area contributed by atoms with Gasteiger partial charge in [-0.05, 0) is 75.1 Å². The highest BCUT2D eigenvalue weighted by Gasteiger charge is 2.40. The molecule has 4 rings (SSSR count). The third-order valence-corrected chi connectivity index (χ3v) is 7.60. The fourth-order valence-electron chi connectivity index (χ4n) is 5.71. The first-order valence-corrected chi connectivity index (χ1v) is 14.1. The number of hydrogen-bond acceptors (Lipinski definition) is 5. The minimum Gasteiger partial charge on any atom is -0.489 e. The number of benzene rings is 2. The second-order valence-electron chi connectivity index (χ2n) is 11.9. The van der Waals surface area contributed by atoms with Crippen LogP contribution in [0.1, 0.15) is 76.8 Å². The fourth-order valence-corrected chi connectivity index (χ4v) is 5.71. The zero-order chi connectivity index (χ0) is 27.0. The molecule has 1 N–H and O–H groups in total. The number of alkyl carbamates (subject to hydrolysis) is 1. The van der Waals surface area contributed by atoms with E-state index < -0.39 is 17.8 Å². The molecule has 0 radical (unpaired) electrons. The Balaban J connectivity index is 1.37. The van der Waals surface area contributed by atoms with Crippen LogP contribution in [0.4, 0.5) is 4.79 Å². The van der Waals surface area contributed by atoms with Crippen LogP contribution < -0.4 is 10.1 Å². The summed E-state index contributed by atoms with van der Waals surface area (Å²) < 4.78 is 17.8. The lowest BCUT2D eigenvalue weighted by atomic mass is 9.82. The second kappa shape index (κ2) is 13.3. The number of nitrogens with one attached hydrogen (secondary N) is 1. The predicted molar refractivity (Wildman–Crippen MR) is 148 cm³/mol. The Bertz CT molecular complexity index is 1010. The van der Waals surface area contributed by atoms with E-state index in [1.165, 1.54) is 32.1 Å². The van der Waals surface area contributed by atoms with Crippen molar-refractivity contribution >= 4 is 12.4 Å². The summed E-state index contributed by atoms with van der Waals surface area (Å²) in [7, 11) is 0. The van der Waals surface area contributed by atoms with E-state index in [0.717, 1.165) is 42.4 Å². The first kappa shape index (κ1) is 28.2. The molecule has 38 heavy (non-hydrogen) atoms. The lowest BCUT2D eigenvalue weighted by Crippen LogP contribution is -2.46. The molecule has 0 bridgehead atoms. The van der Waals surface area contributed by atoms with Crippen LogP contribution in [-0.2, 0) is 27.3 Å². The third kappa shape index (κ3) is 8.59. The number of carbonyl (C=O) groups is 2.